The number of likely N-dealkylation sites (tertiary alicyclic amines) is 1. The summed E-state index contributed by atoms with van der Waals surface area (Å²) in [6.45, 7) is 4.76. The number of ether oxygens (including phenoxy) is 1. The van der Waals surface area contributed by atoms with Crippen LogP contribution in [0.1, 0.15) is 35.2 Å². The van der Waals surface area contributed by atoms with Gasteiger partial charge in [0, 0.05) is 47.1 Å². The summed E-state index contributed by atoms with van der Waals surface area (Å²) in [5.74, 6) is 0.934. The normalized spacial score (nSPS) is 19.3. The predicted molar refractivity (Wildman–Crippen MR) is 118 cm³/mol. The maximum atomic E-state index is 12.8. The van der Waals surface area contributed by atoms with Gasteiger partial charge in [-0.1, -0.05) is 30.0 Å². The number of rotatable bonds is 2. The van der Waals surface area contributed by atoms with Crippen molar-refractivity contribution in [3.63, 3.8) is 0 Å². The molecule has 156 valence electrons. The Kier molecular flexibility index (Phi) is 5.75. The Morgan fingerprint density at radius 1 is 0.967 bits per heavy atom. The minimum Gasteiger partial charge on any atom is -0.379 e. The lowest BCUT2D eigenvalue weighted by atomic mass is 10.1. The van der Waals surface area contributed by atoms with Crippen molar-refractivity contribution in [3.05, 3.63) is 53.6 Å². The number of fused-ring (bicyclic) bond motifs is 2. The first-order valence-corrected chi connectivity index (χ1v) is 11.5. The molecule has 0 atom stereocenters. The fourth-order valence-electron chi connectivity index (χ4n) is 4.10. The van der Waals surface area contributed by atoms with E-state index < -0.39 is 0 Å². The number of amidine groups is 1. The van der Waals surface area contributed by atoms with Crippen molar-refractivity contribution < 1.29 is 9.53 Å². The van der Waals surface area contributed by atoms with Crippen LogP contribution in [-0.4, -0.2) is 61.0 Å². The summed E-state index contributed by atoms with van der Waals surface area (Å²) in [6.07, 6.45) is 3.68. The predicted octanol–water partition coefficient (Wildman–Crippen LogP) is 3.69. The first kappa shape index (κ1) is 19.6. The molecule has 0 radical (unpaired) electrons. The van der Waals surface area contributed by atoms with Crippen LogP contribution in [0.4, 0.5) is 5.69 Å². The SMILES string of the molecule is O=C(NN1CCOCC1)c1ccc2c(c1)N=C(N1CCCCC1)c1ccccc1S2. The van der Waals surface area contributed by atoms with Crippen LogP contribution < -0.4 is 5.43 Å². The minimum absolute atomic E-state index is 0.0961. The fraction of sp³-hybridized carbons (Fsp3) is 0.391. The van der Waals surface area contributed by atoms with E-state index in [4.69, 9.17) is 9.73 Å². The van der Waals surface area contributed by atoms with Gasteiger partial charge >= 0.3 is 0 Å². The average molecular weight is 423 g/mol. The molecule has 0 bridgehead atoms. The summed E-state index contributed by atoms with van der Waals surface area (Å²) in [7, 11) is 0. The first-order valence-electron chi connectivity index (χ1n) is 10.7. The van der Waals surface area contributed by atoms with E-state index in [9.17, 15) is 4.79 Å². The third kappa shape index (κ3) is 4.10. The van der Waals surface area contributed by atoms with E-state index >= 15 is 0 Å². The molecule has 5 rings (SSSR count). The van der Waals surface area contributed by atoms with Crippen LogP contribution in [-0.2, 0) is 4.74 Å². The molecule has 0 spiro atoms. The van der Waals surface area contributed by atoms with Gasteiger partial charge in [-0.25, -0.2) is 10.0 Å². The zero-order valence-electron chi connectivity index (χ0n) is 17.0. The summed E-state index contributed by atoms with van der Waals surface area (Å²) < 4.78 is 5.36. The standard InChI is InChI=1S/C23H26N4O2S/c28-23(25-27-12-14-29-15-13-27)17-8-9-21-19(16-17)24-22(26-10-4-1-5-11-26)18-6-2-3-7-20(18)30-21/h2-3,6-9,16H,1,4-5,10-15H2,(H,25,28). The summed E-state index contributed by atoms with van der Waals surface area (Å²) in [4.78, 5) is 22.6. The third-order valence-electron chi connectivity index (χ3n) is 5.72. The first-order chi connectivity index (χ1) is 14.8. The molecule has 2 aromatic rings. The topological polar surface area (TPSA) is 57.2 Å². The van der Waals surface area contributed by atoms with E-state index in [1.54, 1.807) is 11.8 Å². The highest BCUT2D eigenvalue weighted by Gasteiger charge is 2.24. The van der Waals surface area contributed by atoms with Crippen molar-refractivity contribution in [2.75, 3.05) is 39.4 Å². The zero-order valence-corrected chi connectivity index (χ0v) is 17.8. The second-order valence-electron chi connectivity index (χ2n) is 7.80. The highest BCUT2D eigenvalue weighted by Crippen LogP contribution is 2.41. The number of benzene rings is 2. The van der Waals surface area contributed by atoms with Crippen LogP contribution in [0.5, 0.6) is 0 Å². The minimum atomic E-state index is -0.0961. The summed E-state index contributed by atoms with van der Waals surface area (Å²) in [5.41, 5.74) is 5.68. The molecule has 3 aliphatic rings. The van der Waals surface area contributed by atoms with Crippen molar-refractivity contribution in [2.45, 2.75) is 29.1 Å². The second kappa shape index (κ2) is 8.79. The smallest absolute Gasteiger partial charge is 0.265 e. The number of amides is 1. The summed E-state index contributed by atoms with van der Waals surface area (Å²) in [6, 6.07) is 14.3. The monoisotopic (exact) mass is 422 g/mol. The number of hydrogen-bond donors (Lipinski definition) is 1. The lowest BCUT2D eigenvalue weighted by Gasteiger charge is -2.30. The van der Waals surface area contributed by atoms with E-state index in [0.717, 1.165) is 29.5 Å². The van der Waals surface area contributed by atoms with Gasteiger partial charge in [0.05, 0.1) is 18.9 Å². The molecule has 2 aromatic carbocycles. The van der Waals surface area contributed by atoms with Crippen molar-refractivity contribution in [1.29, 1.82) is 0 Å². The van der Waals surface area contributed by atoms with Crippen molar-refractivity contribution in [1.82, 2.24) is 15.3 Å². The Morgan fingerprint density at radius 3 is 2.60 bits per heavy atom. The molecule has 1 amide bonds. The van der Waals surface area contributed by atoms with Gasteiger partial charge in [0.2, 0.25) is 0 Å². The fourth-order valence-corrected chi connectivity index (χ4v) is 5.09. The number of aliphatic imine (C=N–C) groups is 1. The molecule has 0 unspecified atom stereocenters. The van der Waals surface area contributed by atoms with Gasteiger partial charge in [-0.05, 0) is 43.5 Å². The highest BCUT2D eigenvalue weighted by molar-refractivity contribution is 7.99. The Balaban J connectivity index is 1.48. The molecule has 2 fully saturated rings. The van der Waals surface area contributed by atoms with Crippen molar-refractivity contribution >= 4 is 29.2 Å². The van der Waals surface area contributed by atoms with Crippen LogP contribution in [0.25, 0.3) is 0 Å². The number of hydrazine groups is 1. The van der Waals surface area contributed by atoms with E-state index in [1.165, 1.54) is 29.7 Å². The van der Waals surface area contributed by atoms with Gasteiger partial charge in [0.1, 0.15) is 5.84 Å². The molecule has 6 nitrogen and oxygen atoms in total. The highest BCUT2D eigenvalue weighted by atomic mass is 32.2. The van der Waals surface area contributed by atoms with Gasteiger partial charge in [-0.15, -0.1) is 0 Å². The second-order valence-corrected chi connectivity index (χ2v) is 8.89. The van der Waals surface area contributed by atoms with E-state index in [1.807, 2.05) is 23.2 Å². The molecule has 7 heteroatoms. The Hall–Kier alpha value is -2.35. The van der Waals surface area contributed by atoms with Crippen molar-refractivity contribution in [2.24, 2.45) is 4.99 Å². The molecular weight excluding hydrogens is 396 g/mol. The maximum absolute atomic E-state index is 12.8. The van der Waals surface area contributed by atoms with Gasteiger partial charge in [-0.2, -0.15) is 0 Å². The molecule has 2 saturated heterocycles. The molecule has 1 N–H and O–H groups in total. The summed E-state index contributed by atoms with van der Waals surface area (Å²) >= 11 is 1.73. The Morgan fingerprint density at radius 2 is 1.77 bits per heavy atom. The van der Waals surface area contributed by atoms with Gasteiger partial charge in [0.25, 0.3) is 5.91 Å². The molecule has 3 heterocycles. The third-order valence-corrected chi connectivity index (χ3v) is 6.86. The number of morpholine rings is 1. The lowest BCUT2D eigenvalue weighted by molar-refractivity contribution is 0.0126. The molecule has 30 heavy (non-hydrogen) atoms. The van der Waals surface area contributed by atoms with E-state index in [0.29, 0.717) is 31.9 Å². The molecule has 0 aliphatic carbocycles. The number of piperidine rings is 1. The zero-order chi connectivity index (χ0) is 20.3. The van der Waals surface area contributed by atoms with Crippen LogP contribution >= 0.6 is 11.8 Å². The quantitative estimate of drug-likeness (QED) is 0.800. The summed E-state index contributed by atoms with van der Waals surface area (Å²) in [5, 5.41) is 1.92. The Labute approximate surface area is 181 Å². The molecule has 3 aliphatic heterocycles. The lowest BCUT2D eigenvalue weighted by Crippen LogP contribution is -2.48. The number of nitrogens with one attached hydrogen (secondary N) is 1. The van der Waals surface area contributed by atoms with Crippen molar-refractivity contribution in [3.8, 4) is 0 Å². The number of hydrogen-bond acceptors (Lipinski definition) is 6. The van der Waals surface area contributed by atoms with E-state index in [-0.39, 0.29) is 5.91 Å². The van der Waals surface area contributed by atoms with E-state index in [2.05, 4.69) is 34.6 Å². The molecular formula is C23H26N4O2S. The van der Waals surface area contributed by atoms with Gasteiger partial charge < -0.3 is 9.64 Å². The Bertz CT molecular complexity index is 965. The van der Waals surface area contributed by atoms with Crippen LogP contribution in [0, 0.1) is 0 Å². The van der Waals surface area contributed by atoms with Gasteiger partial charge in [-0.3, -0.25) is 10.2 Å². The average Bonchev–Trinajstić information content (AvgIpc) is 2.96. The number of nitrogens with zero attached hydrogens (tertiary/aromatic N) is 3. The van der Waals surface area contributed by atoms with Crippen LogP contribution in [0.2, 0.25) is 0 Å². The molecule has 0 aromatic heterocycles. The number of carbonyl (C=O) groups is 1. The molecule has 0 saturated carbocycles. The maximum Gasteiger partial charge on any atom is 0.265 e. The van der Waals surface area contributed by atoms with Crippen LogP contribution in [0.15, 0.2) is 57.2 Å². The van der Waals surface area contributed by atoms with Crippen LogP contribution in [0.3, 0.4) is 0 Å². The largest absolute Gasteiger partial charge is 0.379 e. The number of carbonyl (C=O) groups excluding carboxylic acids is 1. The van der Waals surface area contributed by atoms with Gasteiger partial charge in [0.15, 0.2) is 0 Å².